The van der Waals surface area contributed by atoms with Crippen LogP contribution in [-0.2, 0) is 14.3 Å². The molecule has 8 heteroatoms. The highest BCUT2D eigenvalue weighted by Crippen LogP contribution is 2.68. The molecule has 0 aromatic heterocycles. The second-order valence-electron chi connectivity index (χ2n) is 10.9. The SMILES string of the molecule is CC(C)(C)OC(=O)N1CC2(CNC(=O)OCC3c4ccccc4-c4ccccc43)CC2(C(=O)O)C1. The predicted octanol–water partition coefficient (Wildman–Crippen LogP) is 4.24. The van der Waals surface area contributed by atoms with E-state index in [1.165, 1.54) is 4.90 Å². The number of hydrogen-bond acceptors (Lipinski definition) is 5. The highest BCUT2D eigenvalue weighted by atomic mass is 16.6. The number of carboxylic acids is 1. The van der Waals surface area contributed by atoms with Crippen LogP contribution in [0.25, 0.3) is 11.1 Å². The van der Waals surface area contributed by atoms with Gasteiger partial charge in [0.1, 0.15) is 12.2 Å². The van der Waals surface area contributed by atoms with E-state index in [0.29, 0.717) is 6.42 Å². The maximum atomic E-state index is 12.6. The van der Waals surface area contributed by atoms with Crippen LogP contribution < -0.4 is 5.32 Å². The molecule has 0 radical (unpaired) electrons. The summed E-state index contributed by atoms with van der Waals surface area (Å²) in [6.45, 7) is 5.90. The van der Waals surface area contributed by atoms with Crippen LogP contribution in [0.15, 0.2) is 48.5 Å². The number of carboxylic acid groups (broad SMARTS) is 1. The van der Waals surface area contributed by atoms with Crippen LogP contribution in [0.5, 0.6) is 0 Å². The van der Waals surface area contributed by atoms with Crippen molar-refractivity contribution in [3.05, 3.63) is 59.7 Å². The van der Waals surface area contributed by atoms with E-state index < -0.39 is 34.6 Å². The monoisotopic (exact) mass is 478 g/mol. The first kappa shape index (κ1) is 23.2. The molecule has 1 heterocycles. The van der Waals surface area contributed by atoms with Crippen LogP contribution in [0.2, 0.25) is 0 Å². The lowest BCUT2D eigenvalue weighted by Gasteiger charge is -2.26. The van der Waals surface area contributed by atoms with Crippen LogP contribution in [0.4, 0.5) is 9.59 Å². The first-order chi connectivity index (χ1) is 16.6. The number of carbonyl (C=O) groups excluding carboxylic acids is 2. The van der Waals surface area contributed by atoms with Crippen molar-refractivity contribution in [3.63, 3.8) is 0 Å². The molecule has 35 heavy (non-hydrogen) atoms. The zero-order valence-corrected chi connectivity index (χ0v) is 20.2. The molecular weight excluding hydrogens is 448 g/mol. The average molecular weight is 479 g/mol. The van der Waals surface area contributed by atoms with E-state index in [-0.39, 0.29) is 32.2 Å². The Morgan fingerprint density at radius 1 is 1.03 bits per heavy atom. The van der Waals surface area contributed by atoms with Gasteiger partial charge in [-0.2, -0.15) is 0 Å². The fraction of sp³-hybridized carbons (Fsp3) is 0.444. The van der Waals surface area contributed by atoms with Crippen molar-refractivity contribution < 1.29 is 29.0 Å². The number of rotatable bonds is 5. The zero-order chi connectivity index (χ0) is 25.0. The van der Waals surface area contributed by atoms with Gasteiger partial charge in [0.2, 0.25) is 0 Å². The van der Waals surface area contributed by atoms with Gasteiger partial charge in [-0.05, 0) is 49.4 Å². The standard InChI is InChI=1S/C27H30N2O6/c1-25(2,3)35-24(33)29-15-26(13-27(26,16-29)22(30)31)14-28-23(32)34-12-21-19-10-6-4-8-17(19)18-9-5-7-11-20(18)21/h4-11,21H,12-16H2,1-3H3,(H,28,32)(H,30,31). The molecule has 2 N–H and O–H groups in total. The normalized spacial score (nSPS) is 24.3. The third-order valence-electron chi connectivity index (χ3n) is 7.46. The molecule has 2 aromatic carbocycles. The lowest BCUT2D eigenvalue weighted by Crippen LogP contribution is -2.39. The summed E-state index contributed by atoms with van der Waals surface area (Å²) >= 11 is 0. The first-order valence-corrected chi connectivity index (χ1v) is 11.9. The van der Waals surface area contributed by atoms with Gasteiger partial charge in [0.25, 0.3) is 0 Å². The number of ether oxygens (including phenoxy) is 2. The van der Waals surface area contributed by atoms with E-state index in [2.05, 4.69) is 29.6 Å². The van der Waals surface area contributed by atoms with Gasteiger partial charge < -0.3 is 24.8 Å². The van der Waals surface area contributed by atoms with Crippen molar-refractivity contribution in [2.45, 2.75) is 38.7 Å². The molecule has 3 aliphatic rings. The molecule has 1 saturated heterocycles. The summed E-state index contributed by atoms with van der Waals surface area (Å²) in [6.07, 6.45) is -0.729. The van der Waals surface area contributed by atoms with E-state index in [4.69, 9.17) is 9.47 Å². The van der Waals surface area contributed by atoms with E-state index in [1.807, 2.05) is 24.3 Å². The fourth-order valence-corrected chi connectivity index (χ4v) is 5.72. The molecule has 0 bridgehead atoms. The number of piperidine rings is 1. The average Bonchev–Trinajstić information content (AvgIpc) is 3.15. The van der Waals surface area contributed by atoms with Crippen molar-refractivity contribution in [3.8, 4) is 11.1 Å². The number of nitrogens with one attached hydrogen (secondary N) is 1. The quantitative estimate of drug-likeness (QED) is 0.666. The number of hydrogen-bond donors (Lipinski definition) is 2. The number of fused-ring (bicyclic) bond motifs is 4. The second-order valence-corrected chi connectivity index (χ2v) is 10.9. The van der Waals surface area contributed by atoms with Gasteiger partial charge in [-0.25, -0.2) is 9.59 Å². The summed E-state index contributed by atoms with van der Waals surface area (Å²) in [5.74, 6) is -1.02. The smallest absolute Gasteiger partial charge is 0.410 e. The number of carbonyl (C=O) groups is 3. The van der Waals surface area contributed by atoms with Gasteiger partial charge in [-0.3, -0.25) is 4.79 Å². The van der Waals surface area contributed by atoms with Crippen molar-refractivity contribution in [2.24, 2.45) is 10.8 Å². The van der Waals surface area contributed by atoms with Crippen LogP contribution in [0, 0.1) is 10.8 Å². The van der Waals surface area contributed by atoms with Gasteiger partial charge in [0.05, 0.1) is 5.41 Å². The van der Waals surface area contributed by atoms with Crippen molar-refractivity contribution in [1.82, 2.24) is 10.2 Å². The van der Waals surface area contributed by atoms with Gasteiger partial charge >= 0.3 is 18.2 Å². The number of alkyl carbamates (subject to hydrolysis) is 1. The van der Waals surface area contributed by atoms with Gasteiger partial charge in [-0.1, -0.05) is 48.5 Å². The van der Waals surface area contributed by atoms with E-state index in [0.717, 1.165) is 22.3 Å². The Kier molecular flexibility index (Phi) is 5.30. The predicted molar refractivity (Wildman–Crippen MR) is 128 cm³/mol. The number of nitrogens with zero attached hydrogens (tertiary/aromatic N) is 1. The topological polar surface area (TPSA) is 105 Å². The van der Waals surface area contributed by atoms with Crippen LogP contribution in [0.3, 0.4) is 0 Å². The Hall–Kier alpha value is -3.55. The van der Waals surface area contributed by atoms with E-state index in [9.17, 15) is 19.5 Å². The Bertz CT molecular complexity index is 1160. The summed E-state index contributed by atoms with van der Waals surface area (Å²) in [4.78, 5) is 38.7. The molecule has 2 fully saturated rings. The maximum absolute atomic E-state index is 12.6. The maximum Gasteiger partial charge on any atom is 0.410 e. The number of amides is 2. The number of likely N-dealkylation sites (tertiary alicyclic amines) is 1. The molecule has 2 unspecified atom stereocenters. The van der Waals surface area contributed by atoms with E-state index in [1.54, 1.807) is 20.8 Å². The molecule has 0 spiro atoms. The lowest BCUT2D eigenvalue weighted by molar-refractivity contribution is -0.144. The Morgan fingerprint density at radius 2 is 1.63 bits per heavy atom. The summed E-state index contributed by atoms with van der Waals surface area (Å²) < 4.78 is 11.0. The Morgan fingerprint density at radius 3 is 2.20 bits per heavy atom. The van der Waals surface area contributed by atoms with Gasteiger partial charge in [-0.15, -0.1) is 0 Å². The van der Waals surface area contributed by atoms with Gasteiger partial charge in [0, 0.05) is 31.0 Å². The van der Waals surface area contributed by atoms with Crippen LogP contribution >= 0.6 is 0 Å². The zero-order valence-electron chi connectivity index (χ0n) is 20.2. The molecular formula is C27H30N2O6. The molecule has 2 aliphatic carbocycles. The van der Waals surface area contributed by atoms with Crippen molar-refractivity contribution in [1.29, 1.82) is 0 Å². The highest BCUT2D eigenvalue weighted by Gasteiger charge is 2.77. The summed E-state index contributed by atoms with van der Waals surface area (Å²) in [7, 11) is 0. The number of aliphatic carboxylic acids is 1. The van der Waals surface area contributed by atoms with Crippen molar-refractivity contribution in [2.75, 3.05) is 26.2 Å². The third kappa shape index (κ3) is 3.90. The third-order valence-corrected chi connectivity index (χ3v) is 7.46. The molecule has 2 atom stereocenters. The molecule has 2 amide bonds. The minimum absolute atomic E-state index is 0.0560. The summed E-state index contributed by atoms with van der Waals surface area (Å²) in [5, 5.41) is 12.6. The van der Waals surface area contributed by atoms with Crippen molar-refractivity contribution >= 4 is 18.2 Å². The van der Waals surface area contributed by atoms with Gasteiger partial charge in [0.15, 0.2) is 0 Å². The first-order valence-electron chi connectivity index (χ1n) is 11.9. The largest absolute Gasteiger partial charge is 0.481 e. The minimum atomic E-state index is -1.07. The molecule has 2 aromatic rings. The highest BCUT2D eigenvalue weighted by molar-refractivity contribution is 5.84. The van der Waals surface area contributed by atoms with Crippen LogP contribution in [0.1, 0.15) is 44.2 Å². The molecule has 8 nitrogen and oxygen atoms in total. The minimum Gasteiger partial charge on any atom is -0.481 e. The molecule has 184 valence electrons. The second kappa shape index (κ2) is 8.00. The molecule has 1 aliphatic heterocycles. The Labute approximate surface area is 204 Å². The molecule has 1 saturated carbocycles. The summed E-state index contributed by atoms with van der Waals surface area (Å²) in [5.41, 5.74) is 2.07. The summed E-state index contributed by atoms with van der Waals surface area (Å²) in [6, 6.07) is 16.2. The lowest BCUT2D eigenvalue weighted by atomic mass is 9.96. The molecule has 5 rings (SSSR count). The number of benzene rings is 2. The Balaban J connectivity index is 1.22. The van der Waals surface area contributed by atoms with E-state index >= 15 is 0 Å². The van der Waals surface area contributed by atoms with Crippen LogP contribution in [-0.4, -0.2) is 60.0 Å². The fourth-order valence-electron chi connectivity index (χ4n) is 5.72.